The largest absolute Gasteiger partial charge is 0.486 e. The van der Waals surface area contributed by atoms with Gasteiger partial charge in [0.05, 0.1) is 24.2 Å². The van der Waals surface area contributed by atoms with Crippen LogP contribution in [0.4, 0.5) is 0 Å². The number of imidazole rings is 1. The predicted octanol–water partition coefficient (Wildman–Crippen LogP) is 1.75. The lowest BCUT2D eigenvalue weighted by Crippen LogP contribution is -2.13. The first kappa shape index (κ1) is 16.2. The van der Waals surface area contributed by atoms with Crippen LogP contribution in [0.2, 0.25) is 0 Å². The van der Waals surface area contributed by atoms with E-state index < -0.39 is 0 Å². The van der Waals surface area contributed by atoms with Gasteiger partial charge in [0.15, 0.2) is 5.78 Å². The number of hydrogen-bond donors (Lipinski definition) is 2. The Morgan fingerprint density at radius 1 is 1.17 bits per heavy atom. The molecule has 124 valence electrons. The molecule has 0 atom stereocenters. The van der Waals surface area contributed by atoms with Crippen LogP contribution in [0.1, 0.15) is 16.2 Å². The first-order chi connectivity index (χ1) is 11.7. The van der Waals surface area contributed by atoms with Crippen LogP contribution in [0, 0.1) is 0 Å². The van der Waals surface area contributed by atoms with Gasteiger partial charge in [-0.1, -0.05) is 12.1 Å². The number of benzene rings is 2. The third-order valence-corrected chi connectivity index (χ3v) is 3.79. The van der Waals surface area contributed by atoms with E-state index in [4.69, 9.17) is 10.5 Å². The van der Waals surface area contributed by atoms with Crippen LogP contribution in [0.25, 0.3) is 11.0 Å². The number of aromatic nitrogens is 2. The van der Waals surface area contributed by atoms with E-state index in [0.29, 0.717) is 17.9 Å². The molecule has 0 spiro atoms. The molecule has 0 fully saturated rings. The zero-order chi connectivity index (χ0) is 16.9. The second-order valence-electron chi connectivity index (χ2n) is 5.33. The molecule has 0 radical (unpaired) electrons. The molecule has 1 aromatic heterocycles. The Kier molecular flexibility index (Phi) is 4.88. The van der Waals surface area contributed by atoms with E-state index in [0.717, 1.165) is 16.9 Å². The monoisotopic (exact) mass is 325 g/mol. The second kappa shape index (κ2) is 7.25. The maximum Gasteiger partial charge on any atom is 0.176 e. The lowest BCUT2D eigenvalue weighted by molar-refractivity contribution is 0.100. The van der Waals surface area contributed by atoms with Gasteiger partial charge >= 0.3 is 0 Å². The number of hydrogen-bond acceptors (Lipinski definition) is 5. The van der Waals surface area contributed by atoms with Crippen molar-refractivity contribution < 1.29 is 14.6 Å². The van der Waals surface area contributed by atoms with Gasteiger partial charge in [-0.3, -0.25) is 4.79 Å². The van der Waals surface area contributed by atoms with Crippen molar-refractivity contribution in [1.82, 2.24) is 9.55 Å². The van der Waals surface area contributed by atoms with Gasteiger partial charge in [-0.05, 0) is 36.4 Å². The van der Waals surface area contributed by atoms with E-state index >= 15 is 0 Å². The Morgan fingerprint density at radius 2 is 1.92 bits per heavy atom. The highest BCUT2D eigenvalue weighted by Crippen LogP contribution is 2.19. The van der Waals surface area contributed by atoms with Gasteiger partial charge in [-0.2, -0.15) is 0 Å². The maximum absolute atomic E-state index is 11.5. The van der Waals surface area contributed by atoms with Crippen LogP contribution in [0.3, 0.4) is 0 Å². The predicted molar refractivity (Wildman–Crippen MR) is 91.0 cm³/mol. The summed E-state index contributed by atoms with van der Waals surface area (Å²) in [6.45, 7) is 0.761. The topological polar surface area (TPSA) is 90.4 Å². The third-order valence-electron chi connectivity index (χ3n) is 3.79. The van der Waals surface area contributed by atoms with Crippen molar-refractivity contribution in [2.24, 2.45) is 5.73 Å². The average molecular weight is 325 g/mol. The molecule has 6 heteroatoms. The van der Waals surface area contributed by atoms with Crippen LogP contribution in [-0.2, 0) is 13.2 Å². The van der Waals surface area contributed by atoms with Gasteiger partial charge < -0.3 is 20.1 Å². The van der Waals surface area contributed by atoms with Crippen LogP contribution in [-0.4, -0.2) is 33.6 Å². The summed E-state index contributed by atoms with van der Waals surface area (Å²) in [4.78, 5) is 16.1. The Bertz CT molecular complexity index is 840. The Hall–Kier alpha value is -2.70. The van der Waals surface area contributed by atoms with E-state index in [2.05, 4.69) is 4.98 Å². The molecule has 3 rings (SSSR count). The number of nitrogens with zero attached hydrogens (tertiary/aromatic N) is 2. The summed E-state index contributed by atoms with van der Waals surface area (Å²) >= 11 is 0. The number of fused-ring (bicyclic) bond motifs is 1. The van der Waals surface area contributed by atoms with Gasteiger partial charge in [0.25, 0.3) is 0 Å². The summed E-state index contributed by atoms with van der Waals surface area (Å²) in [6, 6.07) is 14.6. The quantitative estimate of drug-likeness (QED) is 0.646. The highest BCUT2D eigenvalue weighted by molar-refractivity contribution is 5.97. The molecule has 0 aliphatic carbocycles. The van der Waals surface area contributed by atoms with E-state index in [1.54, 1.807) is 24.3 Å². The maximum atomic E-state index is 11.5. The number of aliphatic hydroxyl groups is 1. The fraction of sp³-hybridized carbons (Fsp3) is 0.222. The Labute approximate surface area is 139 Å². The molecule has 0 bridgehead atoms. The normalized spacial score (nSPS) is 10.9. The van der Waals surface area contributed by atoms with Gasteiger partial charge in [-0.15, -0.1) is 0 Å². The van der Waals surface area contributed by atoms with Crippen molar-refractivity contribution in [1.29, 1.82) is 0 Å². The zero-order valence-corrected chi connectivity index (χ0v) is 13.2. The molecule has 1 heterocycles. The fourth-order valence-electron chi connectivity index (χ4n) is 2.59. The molecule has 0 unspecified atom stereocenters. The number of ether oxygens (including phenoxy) is 1. The number of aliphatic hydroxyl groups excluding tert-OH is 1. The molecule has 3 aromatic rings. The minimum absolute atomic E-state index is 0.00854. The lowest BCUT2D eigenvalue weighted by Gasteiger charge is -2.09. The van der Waals surface area contributed by atoms with Crippen LogP contribution in [0.5, 0.6) is 5.75 Å². The number of para-hydroxylation sites is 2. The average Bonchev–Trinajstić information content (AvgIpc) is 2.98. The molecule has 6 nitrogen and oxygen atoms in total. The highest BCUT2D eigenvalue weighted by atomic mass is 16.5. The summed E-state index contributed by atoms with van der Waals surface area (Å²) in [5.74, 6) is 1.28. The summed E-state index contributed by atoms with van der Waals surface area (Å²) in [7, 11) is 0. The minimum atomic E-state index is -0.105. The first-order valence-electron chi connectivity index (χ1n) is 7.74. The molecule has 0 aliphatic rings. The SMILES string of the molecule is NCC(=O)c1ccc(OCc2nc3ccccc3n2CCO)cc1. The minimum Gasteiger partial charge on any atom is -0.486 e. The van der Waals surface area contributed by atoms with Crippen molar-refractivity contribution in [3.8, 4) is 5.75 Å². The van der Waals surface area contributed by atoms with E-state index in [1.807, 2.05) is 28.8 Å². The van der Waals surface area contributed by atoms with Gasteiger partial charge in [0.1, 0.15) is 18.2 Å². The summed E-state index contributed by atoms with van der Waals surface area (Å²) < 4.78 is 7.72. The van der Waals surface area contributed by atoms with E-state index in [1.165, 1.54) is 0 Å². The number of Topliss-reactive ketones (excluding diaryl/α,β-unsaturated/α-hetero) is 1. The Morgan fingerprint density at radius 3 is 2.62 bits per heavy atom. The lowest BCUT2D eigenvalue weighted by atomic mass is 10.1. The smallest absolute Gasteiger partial charge is 0.176 e. The number of rotatable bonds is 7. The summed E-state index contributed by atoms with van der Waals surface area (Å²) in [5.41, 5.74) is 7.75. The third kappa shape index (κ3) is 3.29. The second-order valence-corrected chi connectivity index (χ2v) is 5.33. The molecule has 0 saturated heterocycles. The van der Waals surface area contributed by atoms with Crippen LogP contribution in [0.15, 0.2) is 48.5 Å². The van der Waals surface area contributed by atoms with Crippen molar-refractivity contribution in [2.45, 2.75) is 13.2 Å². The van der Waals surface area contributed by atoms with Crippen molar-refractivity contribution in [2.75, 3.05) is 13.2 Å². The Balaban J connectivity index is 1.78. The fourth-order valence-corrected chi connectivity index (χ4v) is 2.59. The van der Waals surface area contributed by atoms with E-state index in [9.17, 15) is 9.90 Å². The first-order valence-corrected chi connectivity index (χ1v) is 7.74. The summed E-state index contributed by atoms with van der Waals surface area (Å²) in [6.07, 6.45) is 0. The number of nitrogens with two attached hydrogens (primary N) is 1. The van der Waals surface area contributed by atoms with Crippen molar-refractivity contribution in [3.05, 3.63) is 59.9 Å². The number of ketones is 1. The highest BCUT2D eigenvalue weighted by Gasteiger charge is 2.11. The molecular formula is C18H19N3O3. The standard InChI is InChI=1S/C18H19N3O3/c19-11-17(23)13-5-7-14(8-6-13)24-12-18-20-15-3-1-2-4-16(15)21(18)9-10-22/h1-8,22H,9-12,19H2. The van der Waals surface area contributed by atoms with E-state index in [-0.39, 0.29) is 25.5 Å². The van der Waals surface area contributed by atoms with Crippen molar-refractivity contribution >= 4 is 16.8 Å². The molecule has 0 aliphatic heterocycles. The molecule has 0 amide bonds. The molecular weight excluding hydrogens is 306 g/mol. The molecule has 24 heavy (non-hydrogen) atoms. The summed E-state index contributed by atoms with van der Waals surface area (Å²) in [5, 5.41) is 9.28. The van der Waals surface area contributed by atoms with Crippen molar-refractivity contribution in [3.63, 3.8) is 0 Å². The van der Waals surface area contributed by atoms with Gasteiger partial charge in [0.2, 0.25) is 0 Å². The van der Waals surface area contributed by atoms with Crippen LogP contribution < -0.4 is 10.5 Å². The number of carbonyl (C=O) groups excluding carboxylic acids is 1. The molecule has 3 N–H and O–H groups in total. The van der Waals surface area contributed by atoms with Gasteiger partial charge in [-0.25, -0.2) is 4.98 Å². The molecule has 0 saturated carbocycles. The van der Waals surface area contributed by atoms with Gasteiger partial charge in [0, 0.05) is 12.1 Å². The number of carbonyl (C=O) groups is 1. The molecule has 2 aromatic carbocycles. The zero-order valence-electron chi connectivity index (χ0n) is 13.2. The van der Waals surface area contributed by atoms with Crippen LogP contribution >= 0.6 is 0 Å².